The number of nitrogens with one attached hydrogen (secondary N) is 1. The molecule has 2 aliphatic rings. The van der Waals surface area contributed by atoms with Crippen LogP contribution in [0.1, 0.15) is 44.6 Å². The van der Waals surface area contributed by atoms with Crippen LogP contribution in [0.5, 0.6) is 0 Å². The molecule has 0 aromatic heterocycles. The van der Waals surface area contributed by atoms with E-state index in [1.165, 1.54) is 19.5 Å². The topological polar surface area (TPSA) is 32.3 Å². The number of carbonyl (C=O) groups excluding carboxylic acids is 1. The predicted octanol–water partition coefficient (Wildman–Crippen LogP) is 3.93. The van der Waals surface area contributed by atoms with Crippen molar-refractivity contribution < 1.29 is 4.79 Å². The summed E-state index contributed by atoms with van der Waals surface area (Å²) in [6, 6.07) is 7.88. The Morgan fingerprint density at radius 1 is 1.21 bits per heavy atom. The maximum Gasteiger partial charge on any atom is 0.223 e. The van der Waals surface area contributed by atoms with Crippen molar-refractivity contribution in [2.75, 3.05) is 26.2 Å². The van der Waals surface area contributed by atoms with Gasteiger partial charge in [0.25, 0.3) is 0 Å². The Hall–Kier alpha value is -1.06. The average molecular weight is 349 g/mol. The molecule has 0 radical (unpaired) electrons. The Labute approximate surface area is 150 Å². The highest BCUT2D eigenvalue weighted by atomic mass is 35.5. The number of rotatable bonds is 6. The number of hydrogen-bond donors (Lipinski definition) is 1. The second-order valence-corrected chi connectivity index (χ2v) is 8.23. The summed E-state index contributed by atoms with van der Waals surface area (Å²) in [7, 11) is 0. The molecule has 1 aliphatic carbocycles. The van der Waals surface area contributed by atoms with Crippen molar-refractivity contribution >= 4 is 17.5 Å². The molecule has 24 heavy (non-hydrogen) atoms. The lowest BCUT2D eigenvalue weighted by atomic mass is 9.92. The SMILES string of the molecule is CC1CC(C)CN(CCCNC(=O)C2CC2c2ccccc2Cl)C1. The van der Waals surface area contributed by atoms with Crippen LogP contribution in [0.2, 0.25) is 5.02 Å². The van der Waals surface area contributed by atoms with E-state index in [0.717, 1.165) is 48.4 Å². The van der Waals surface area contributed by atoms with Crippen molar-refractivity contribution in [3.8, 4) is 0 Å². The zero-order valence-corrected chi connectivity index (χ0v) is 15.6. The number of amides is 1. The van der Waals surface area contributed by atoms with Gasteiger partial charge in [-0.1, -0.05) is 43.6 Å². The summed E-state index contributed by atoms with van der Waals surface area (Å²) >= 11 is 6.23. The number of piperidine rings is 1. The molecule has 1 aromatic carbocycles. The van der Waals surface area contributed by atoms with Gasteiger partial charge in [0.2, 0.25) is 5.91 Å². The highest BCUT2D eigenvalue weighted by Gasteiger charge is 2.44. The lowest BCUT2D eigenvalue weighted by Crippen LogP contribution is -2.40. The summed E-state index contributed by atoms with van der Waals surface area (Å²) in [6.45, 7) is 8.96. The molecule has 1 heterocycles. The largest absolute Gasteiger partial charge is 0.356 e. The molecule has 4 atom stereocenters. The first-order valence-electron chi connectivity index (χ1n) is 9.29. The Balaban J connectivity index is 1.36. The fourth-order valence-electron chi connectivity index (χ4n) is 4.22. The smallest absolute Gasteiger partial charge is 0.223 e. The molecule has 1 saturated heterocycles. The van der Waals surface area contributed by atoms with Crippen LogP contribution < -0.4 is 5.32 Å². The van der Waals surface area contributed by atoms with Crippen molar-refractivity contribution in [2.24, 2.45) is 17.8 Å². The molecule has 4 unspecified atom stereocenters. The second kappa shape index (κ2) is 7.88. The zero-order chi connectivity index (χ0) is 17.1. The molecule has 3 rings (SSSR count). The summed E-state index contributed by atoms with van der Waals surface area (Å²) in [6.07, 6.45) is 3.31. The monoisotopic (exact) mass is 348 g/mol. The Kier molecular flexibility index (Phi) is 5.83. The number of halogens is 1. The van der Waals surface area contributed by atoms with E-state index in [2.05, 4.69) is 24.1 Å². The number of likely N-dealkylation sites (tertiary alicyclic amines) is 1. The van der Waals surface area contributed by atoms with Crippen LogP contribution in [-0.2, 0) is 4.79 Å². The number of benzene rings is 1. The highest BCUT2D eigenvalue weighted by Crippen LogP contribution is 2.49. The van der Waals surface area contributed by atoms with Crippen molar-refractivity contribution in [2.45, 2.75) is 39.0 Å². The van der Waals surface area contributed by atoms with Crippen molar-refractivity contribution in [3.05, 3.63) is 34.9 Å². The van der Waals surface area contributed by atoms with E-state index in [0.29, 0.717) is 5.92 Å². The van der Waals surface area contributed by atoms with Gasteiger partial charge >= 0.3 is 0 Å². The fourth-order valence-corrected chi connectivity index (χ4v) is 4.50. The van der Waals surface area contributed by atoms with Crippen LogP contribution in [0.15, 0.2) is 24.3 Å². The van der Waals surface area contributed by atoms with Crippen LogP contribution in [0.25, 0.3) is 0 Å². The summed E-state index contributed by atoms with van der Waals surface area (Å²) < 4.78 is 0. The molecule has 2 fully saturated rings. The molecule has 1 N–H and O–H groups in total. The molecule has 4 heteroatoms. The van der Waals surface area contributed by atoms with Gasteiger partial charge in [0.15, 0.2) is 0 Å². The van der Waals surface area contributed by atoms with Gasteiger partial charge in [0.1, 0.15) is 0 Å². The van der Waals surface area contributed by atoms with Gasteiger partial charge in [-0.05, 0) is 55.2 Å². The molecular formula is C20H29ClN2O. The maximum absolute atomic E-state index is 12.3. The minimum atomic E-state index is 0.111. The molecule has 1 amide bonds. The molecular weight excluding hydrogens is 320 g/mol. The van der Waals surface area contributed by atoms with Gasteiger partial charge in [-0.25, -0.2) is 0 Å². The highest BCUT2D eigenvalue weighted by molar-refractivity contribution is 6.31. The number of carbonyl (C=O) groups is 1. The minimum Gasteiger partial charge on any atom is -0.356 e. The van der Waals surface area contributed by atoms with Crippen molar-refractivity contribution in [1.82, 2.24) is 10.2 Å². The van der Waals surface area contributed by atoms with Crippen LogP contribution in [0.3, 0.4) is 0 Å². The van der Waals surface area contributed by atoms with Gasteiger partial charge in [0.05, 0.1) is 0 Å². The standard InChI is InChI=1S/C20H29ClN2O/c1-14-10-15(2)13-23(12-14)9-5-8-22-20(24)18-11-17(18)16-6-3-4-7-19(16)21/h3-4,6-7,14-15,17-18H,5,8-13H2,1-2H3,(H,22,24). The van der Waals surface area contributed by atoms with E-state index >= 15 is 0 Å². The van der Waals surface area contributed by atoms with Crippen LogP contribution in [0.4, 0.5) is 0 Å². The van der Waals surface area contributed by atoms with E-state index in [1.54, 1.807) is 0 Å². The minimum absolute atomic E-state index is 0.111. The third-order valence-electron chi connectivity index (χ3n) is 5.33. The normalized spacial score (nSPS) is 30.1. The summed E-state index contributed by atoms with van der Waals surface area (Å²) in [4.78, 5) is 14.8. The Bertz CT molecular complexity index is 567. The summed E-state index contributed by atoms with van der Waals surface area (Å²) in [5.41, 5.74) is 1.12. The van der Waals surface area contributed by atoms with E-state index in [-0.39, 0.29) is 11.8 Å². The summed E-state index contributed by atoms with van der Waals surface area (Å²) in [5, 5.41) is 3.90. The molecule has 0 bridgehead atoms. The first-order valence-corrected chi connectivity index (χ1v) is 9.67. The first kappa shape index (κ1) is 17.8. The van der Waals surface area contributed by atoms with E-state index in [9.17, 15) is 4.79 Å². The van der Waals surface area contributed by atoms with Crippen LogP contribution >= 0.6 is 11.6 Å². The van der Waals surface area contributed by atoms with Gasteiger partial charge in [0, 0.05) is 30.6 Å². The molecule has 1 saturated carbocycles. The molecule has 1 aliphatic heterocycles. The van der Waals surface area contributed by atoms with Gasteiger partial charge in [-0.15, -0.1) is 0 Å². The first-order chi connectivity index (χ1) is 11.5. The molecule has 3 nitrogen and oxygen atoms in total. The third kappa shape index (κ3) is 4.52. The Morgan fingerprint density at radius 2 is 1.92 bits per heavy atom. The summed E-state index contributed by atoms with van der Waals surface area (Å²) in [5.74, 6) is 2.21. The maximum atomic E-state index is 12.3. The van der Waals surface area contributed by atoms with Crippen molar-refractivity contribution in [3.63, 3.8) is 0 Å². The van der Waals surface area contributed by atoms with Gasteiger partial charge in [-0.2, -0.15) is 0 Å². The lowest BCUT2D eigenvalue weighted by molar-refractivity contribution is -0.122. The van der Waals surface area contributed by atoms with Gasteiger partial charge in [-0.3, -0.25) is 4.79 Å². The molecule has 0 spiro atoms. The second-order valence-electron chi connectivity index (χ2n) is 7.82. The fraction of sp³-hybridized carbons (Fsp3) is 0.650. The molecule has 1 aromatic rings. The molecule has 132 valence electrons. The van der Waals surface area contributed by atoms with E-state index in [1.807, 2.05) is 24.3 Å². The van der Waals surface area contributed by atoms with Crippen LogP contribution in [-0.4, -0.2) is 37.0 Å². The van der Waals surface area contributed by atoms with Crippen molar-refractivity contribution in [1.29, 1.82) is 0 Å². The predicted molar refractivity (Wildman–Crippen MR) is 99.3 cm³/mol. The average Bonchev–Trinajstić information content (AvgIpc) is 3.31. The van der Waals surface area contributed by atoms with E-state index in [4.69, 9.17) is 11.6 Å². The number of hydrogen-bond acceptors (Lipinski definition) is 2. The quantitative estimate of drug-likeness (QED) is 0.790. The third-order valence-corrected chi connectivity index (χ3v) is 5.67. The van der Waals surface area contributed by atoms with E-state index < -0.39 is 0 Å². The number of nitrogens with zero attached hydrogens (tertiary/aromatic N) is 1. The Morgan fingerprint density at radius 3 is 2.62 bits per heavy atom. The lowest BCUT2D eigenvalue weighted by Gasteiger charge is -2.34. The van der Waals surface area contributed by atoms with Crippen LogP contribution in [0, 0.1) is 17.8 Å². The zero-order valence-electron chi connectivity index (χ0n) is 14.8. The van der Waals surface area contributed by atoms with Gasteiger partial charge < -0.3 is 10.2 Å².